The monoisotopic (exact) mass is 531 g/mol. The molecule has 8 heteroatoms. The zero-order chi connectivity index (χ0) is 17.9. The van der Waals surface area contributed by atoms with E-state index in [1.54, 1.807) is 13.2 Å². The third-order valence-electron chi connectivity index (χ3n) is 3.40. The second kappa shape index (κ2) is 12.6. The molecule has 0 fully saturated rings. The van der Waals surface area contributed by atoms with Gasteiger partial charge in [0, 0.05) is 55.0 Å². The van der Waals surface area contributed by atoms with Gasteiger partial charge in [0.15, 0.2) is 5.96 Å². The van der Waals surface area contributed by atoms with E-state index in [9.17, 15) is 4.79 Å². The first kappa shape index (κ1) is 22.4. The van der Waals surface area contributed by atoms with Crippen LogP contribution < -0.4 is 16.0 Å². The first-order chi connectivity index (χ1) is 12.2. The van der Waals surface area contributed by atoms with E-state index in [1.807, 2.05) is 42.5 Å². The summed E-state index contributed by atoms with van der Waals surface area (Å²) in [7, 11) is 1.71. The molecular formula is C18H23BrIN5O. The smallest absolute Gasteiger partial charge is 0.226 e. The minimum absolute atomic E-state index is 0. The van der Waals surface area contributed by atoms with Crippen molar-refractivity contribution in [2.45, 2.75) is 12.8 Å². The molecule has 3 N–H and O–H groups in total. The van der Waals surface area contributed by atoms with Crippen LogP contribution in [-0.4, -0.2) is 37.0 Å². The van der Waals surface area contributed by atoms with Crippen LogP contribution in [0, 0.1) is 0 Å². The lowest BCUT2D eigenvalue weighted by Crippen LogP contribution is -2.39. The van der Waals surface area contributed by atoms with E-state index in [1.165, 1.54) is 0 Å². The van der Waals surface area contributed by atoms with Gasteiger partial charge in [0.1, 0.15) is 0 Å². The minimum atomic E-state index is -0.0428. The van der Waals surface area contributed by atoms with E-state index >= 15 is 0 Å². The highest BCUT2D eigenvalue weighted by Gasteiger charge is 2.04. The summed E-state index contributed by atoms with van der Waals surface area (Å²) in [5, 5.41) is 9.20. The maximum absolute atomic E-state index is 11.9. The van der Waals surface area contributed by atoms with Crippen LogP contribution in [-0.2, 0) is 11.2 Å². The maximum atomic E-state index is 11.9. The van der Waals surface area contributed by atoms with E-state index < -0.39 is 0 Å². The normalized spacial score (nSPS) is 10.6. The topological polar surface area (TPSA) is 78.4 Å². The van der Waals surface area contributed by atoms with Crippen LogP contribution in [0.5, 0.6) is 0 Å². The van der Waals surface area contributed by atoms with Crippen LogP contribution >= 0.6 is 39.9 Å². The van der Waals surface area contributed by atoms with Crippen molar-refractivity contribution >= 4 is 57.5 Å². The van der Waals surface area contributed by atoms with Crippen molar-refractivity contribution in [3.63, 3.8) is 0 Å². The number of pyridine rings is 1. The Kier molecular flexibility index (Phi) is 10.9. The number of rotatable bonds is 7. The summed E-state index contributed by atoms with van der Waals surface area (Å²) in [6.45, 7) is 1.23. The van der Waals surface area contributed by atoms with Gasteiger partial charge in [0.2, 0.25) is 5.91 Å². The van der Waals surface area contributed by atoms with Crippen molar-refractivity contribution in [1.29, 1.82) is 0 Å². The highest BCUT2D eigenvalue weighted by Crippen LogP contribution is 2.14. The third kappa shape index (κ3) is 8.61. The average Bonchev–Trinajstić information content (AvgIpc) is 2.63. The van der Waals surface area contributed by atoms with Crippen LogP contribution in [0.1, 0.15) is 12.1 Å². The van der Waals surface area contributed by atoms with Gasteiger partial charge in [-0.15, -0.1) is 24.0 Å². The van der Waals surface area contributed by atoms with Gasteiger partial charge in [-0.1, -0.05) is 22.0 Å². The second-order valence-corrected chi connectivity index (χ2v) is 6.22. The molecule has 2 rings (SSSR count). The Bertz CT molecular complexity index is 694. The van der Waals surface area contributed by atoms with Gasteiger partial charge >= 0.3 is 0 Å². The molecule has 0 radical (unpaired) electrons. The highest BCUT2D eigenvalue weighted by atomic mass is 127. The summed E-state index contributed by atoms with van der Waals surface area (Å²) in [6.07, 6.45) is 2.95. The van der Waals surface area contributed by atoms with E-state index in [0.29, 0.717) is 18.9 Å². The van der Waals surface area contributed by atoms with Crippen LogP contribution in [0.2, 0.25) is 0 Å². The van der Waals surface area contributed by atoms with Crippen LogP contribution in [0.3, 0.4) is 0 Å². The Hall–Kier alpha value is -1.68. The van der Waals surface area contributed by atoms with Crippen LogP contribution in [0.4, 0.5) is 5.69 Å². The highest BCUT2D eigenvalue weighted by molar-refractivity contribution is 14.0. The molecule has 0 spiro atoms. The van der Waals surface area contributed by atoms with Gasteiger partial charge in [0.25, 0.3) is 0 Å². The molecule has 6 nitrogen and oxygen atoms in total. The van der Waals surface area contributed by atoms with Crippen molar-refractivity contribution in [2.24, 2.45) is 4.99 Å². The van der Waals surface area contributed by atoms with E-state index in [2.05, 4.69) is 41.9 Å². The number of halogens is 2. The van der Waals surface area contributed by atoms with Gasteiger partial charge in [-0.3, -0.25) is 14.8 Å². The number of aromatic nitrogens is 1. The number of amides is 1. The number of carbonyl (C=O) groups is 1. The molecule has 1 aromatic carbocycles. The van der Waals surface area contributed by atoms with Gasteiger partial charge in [0.05, 0.1) is 0 Å². The van der Waals surface area contributed by atoms with E-state index in [-0.39, 0.29) is 29.9 Å². The molecule has 0 aliphatic carbocycles. The first-order valence-electron chi connectivity index (χ1n) is 8.07. The summed E-state index contributed by atoms with van der Waals surface area (Å²) in [6, 6.07) is 13.4. The number of hydrogen-bond acceptors (Lipinski definition) is 3. The van der Waals surface area contributed by atoms with Gasteiger partial charge in [-0.05, 0) is 36.4 Å². The molecule has 0 atom stereocenters. The third-order valence-corrected chi connectivity index (χ3v) is 3.92. The quantitative estimate of drug-likeness (QED) is 0.291. The lowest BCUT2D eigenvalue weighted by Gasteiger charge is -2.11. The SMILES string of the molecule is CN=C(NCCC(=O)Nc1ccc(Br)cc1)NCCc1ccccn1.I. The Labute approximate surface area is 179 Å². The summed E-state index contributed by atoms with van der Waals surface area (Å²) in [5.41, 5.74) is 1.81. The van der Waals surface area contributed by atoms with Crippen LogP contribution in [0.25, 0.3) is 0 Å². The predicted molar refractivity (Wildman–Crippen MR) is 120 cm³/mol. The van der Waals surface area contributed by atoms with Gasteiger partial charge < -0.3 is 16.0 Å². The number of aliphatic imine (C=N–C) groups is 1. The molecule has 0 aliphatic heterocycles. The fourth-order valence-corrected chi connectivity index (χ4v) is 2.39. The summed E-state index contributed by atoms with van der Waals surface area (Å²) in [4.78, 5) is 20.4. The van der Waals surface area contributed by atoms with Crippen LogP contribution in [0.15, 0.2) is 58.1 Å². The molecule has 0 saturated heterocycles. The summed E-state index contributed by atoms with van der Waals surface area (Å²) in [5.74, 6) is 0.631. The molecule has 0 unspecified atom stereocenters. The summed E-state index contributed by atoms with van der Waals surface area (Å²) < 4.78 is 0.979. The standard InChI is InChI=1S/C18H22BrN5O.HI/c1-20-18(22-12-9-15-4-2-3-11-21-15)23-13-10-17(25)24-16-7-5-14(19)6-8-16;/h2-8,11H,9-10,12-13H2,1H3,(H,24,25)(H2,20,22,23);1H. The fraction of sp³-hybridized carbons (Fsp3) is 0.278. The molecule has 1 amide bonds. The Balaban J connectivity index is 0.00000338. The van der Waals surface area contributed by atoms with Crippen molar-refractivity contribution in [3.8, 4) is 0 Å². The van der Waals surface area contributed by atoms with Crippen molar-refractivity contribution in [1.82, 2.24) is 15.6 Å². The molecule has 0 aliphatic rings. The van der Waals surface area contributed by atoms with Gasteiger partial charge in [-0.25, -0.2) is 0 Å². The second-order valence-electron chi connectivity index (χ2n) is 5.30. The molecule has 0 saturated carbocycles. The number of nitrogens with zero attached hydrogens (tertiary/aromatic N) is 2. The fourth-order valence-electron chi connectivity index (χ4n) is 2.13. The molecule has 2 aromatic rings. The molecule has 1 heterocycles. The summed E-state index contributed by atoms with van der Waals surface area (Å²) >= 11 is 3.37. The largest absolute Gasteiger partial charge is 0.356 e. The molecule has 26 heavy (non-hydrogen) atoms. The van der Waals surface area contributed by atoms with Crippen molar-refractivity contribution in [2.75, 3.05) is 25.5 Å². The Morgan fingerprint density at radius 1 is 1.12 bits per heavy atom. The lowest BCUT2D eigenvalue weighted by atomic mass is 10.3. The zero-order valence-corrected chi connectivity index (χ0v) is 18.5. The number of carbonyl (C=O) groups excluding carboxylic acids is 1. The minimum Gasteiger partial charge on any atom is -0.356 e. The Morgan fingerprint density at radius 3 is 2.50 bits per heavy atom. The van der Waals surface area contributed by atoms with Crippen molar-refractivity contribution in [3.05, 3.63) is 58.8 Å². The number of benzene rings is 1. The number of guanidine groups is 1. The van der Waals surface area contributed by atoms with Gasteiger partial charge in [-0.2, -0.15) is 0 Å². The van der Waals surface area contributed by atoms with Crippen molar-refractivity contribution < 1.29 is 4.79 Å². The number of anilines is 1. The van der Waals surface area contributed by atoms with E-state index in [0.717, 1.165) is 28.8 Å². The average molecular weight is 532 g/mol. The first-order valence-corrected chi connectivity index (χ1v) is 8.86. The predicted octanol–water partition coefficient (Wildman–Crippen LogP) is 3.20. The molecule has 0 bridgehead atoms. The maximum Gasteiger partial charge on any atom is 0.226 e. The zero-order valence-electron chi connectivity index (χ0n) is 14.5. The number of nitrogens with one attached hydrogen (secondary N) is 3. The molecular weight excluding hydrogens is 509 g/mol. The Morgan fingerprint density at radius 2 is 1.85 bits per heavy atom. The molecule has 140 valence electrons. The molecule has 1 aromatic heterocycles. The van der Waals surface area contributed by atoms with E-state index in [4.69, 9.17) is 0 Å². The number of hydrogen-bond donors (Lipinski definition) is 3. The lowest BCUT2D eigenvalue weighted by molar-refractivity contribution is -0.116.